The maximum Gasteiger partial charge on any atom is 0.321 e. The van der Waals surface area contributed by atoms with Gasteiger partial charge in [-0.1, -0.05) is 0 Å². The minimum atomic E-state index is -3.31. The Bertz CT molecular complexity index is 215. The van der Waals surface area contributed by atoms with Crippen molar-refractivity contribution in [2.24, 2.45) is 5.92 Å². The van der Waals surface area contributed by atoms with Gasteiger partial charge in [0, 0.05) is 13.5 Å². The molecule has 1 fully saturated rings. The Hall–Kier alpha value is -0.710. The highest BCUT2D eigenvalue weighted by Crippen LogP contribution is 2.24. The first kappa shape index (κ1) is 11.4. The minimum Gasteiger partial charge on any atom is -0.393 e. The van der Waals surface area contributed by atoms with Crippen molar-refractivity contribution in [2.45, 2.75) is 38.2 Å². The molecule has 1 aliphatic carbocycles. The highest BCUT2D eigenvalue weighted by Gasteiger charge is 2.33. The molecule has 1 rings (SSSR count). The summed E-state index contributed by atoms with van der Waals surface area (Å²) in [5.74, 6) is -4.41. The van der Waals surface area contributed by atoms with Gasteiger partial charge < -0.3 is 10.4 Å². The van der Waals surface area contributed by atoms with Crippen LogP contribution in [-0.2, 0) is 4.79 Å². The topological polar surface area (TPSA) is 49.3 Å². The van der Waals surface area contributed by atoms with Crippen molar-refractivity contribution >= 4 is 5.91 Å². The molecule has 0 heterocycles. The van der Waals surface area contributed by atoms with Crippen LogP contribution in [0.15, 0.2) is 0 Å². The van der Waals surface area contributed by atoms with Crippen molar-refractivity contribution < 1.29 is 18.7 Å². The van der Waals surface area contributed by atoms with Crippen LogP contribution in [0.5, 0.6) is 0 Å². The van der Waals surface area contributed by atoms with Gasteiger partial charge in [0.2, 0.25) is 0 Å². The highest BCUT2D eigenvalue weighted by molar-refractivity contribution is 5.82. The first-order valence-corrected chi connectivity index (χ1v) is 4.74. The Balaban J connectivity index is 2.24. The lowest BCUT2D eigenvalue weighted by Gasteiger charge is -2.14. The van der Waals surface area contributed by atoms with Gasteiger partial charge in [0.25, 0.3) is 5.91 Å². The number of hydrogen-bond acceptors (Lipinski definition) is 2. The summed E-state index contributed by atoms with van der Waals surface area (Å²) in [5, 5.41) is 11.3. The number of aliphatic hydroxyl groups is 1. The molecule has 0 aromatic carbocycles. The fourth-order valence-corrected chi connectivity index (χ4v) is 1.63. The maximum absolute atomic E-state index is 12.4. The van der Waals surface area contributed by atoms with Crippen LogP contribution in [0.1, 0.15) is 26.2 Å². The molecular formula is C9H15F2NO2. The summed E-state index contributed by atoms with van der Waals surface area (Å²) in [6, 6.07) is 0. The van der Waals surface area contributed by atoms with E-state index in [0.29, 0.717) is 19.8 Å². The molecule has 2 N–H and O–H groups in total. The molecular weight excluding hydrogens is 192 g/mol. The lowest BCUT2D eigenvalue weighted by atomic mass is 10.1. The van der Waals surface area contributed by atoms with Crippen molar-refractivity contribution in [2.75, 3.05) is 6.54 Å². The third-order valence-electron chi connectivity index (χ3n) is 2.46. The van der Waals surface area contributed by atoms with Gasteiger partial charge in [-0.15, -0.1) is 0 Å². The Labute approximate surface area is 81.5 Å². The number of amides is 1. The van der Waals surface area contributed by atoms with Crippen LogP contribution in [0.3, 0.4) is 0 Å². The average Bonchev–Trinajstić information content (AvgIpc) is 2.45. The second-order valence-corrected chi connectivity index (χ2v) is 3.93. The van der Waals surface area contributed by atoms with E-state index in [2.05, 4.69) is 5.32 Å². The number of aliphatic hydroxyl groups excluding tert-OH is 1. The van der Waals surface area contributed by atoms with E-state index in [1.165, 1.54) is 0 Å². The number of halogens is 2. The van der Waals surface area contributed by atoms with Gasteiger partial charge in [-0.3, -0.25) is 4.79 Å². The van der Waals surface area contributed by atoms with E-state index < -0.39 is 11.8 Å². The summed E-state index contributed by atoms with van der Waals surface area (Å²) in [6.45, 7) is 0.811. The molecule has 0 aromatic heterocycles. The molecule has 82 valence electrons. The van der Waals surface area contributed by atoms with Crippen molar-refractivity contribution in [1.29, 1.82) is 0 Å². The molecule has 3 nitrogen and oxygen atoms in total. The largest absolute Gasteiger partial charge is 0.393 e. The molecule has 1 aliphatic rings. The zero-order valence-corrected chi connectivity index (χ0v) is 8.09. The summed E-state index contributed by atoms with van der Waals surface area (Å²) in [7, 11) is 0. The van der Waals surface area contributed by atoms with Crippen LogP contribution in [0.25, 0.3) is 0 Å². The fourth-order valence-electron chi connectivity index (χ4n) is 1.63. The third-order valence-corrected chi connectivity index (χ3v) is 2.46. The van der Waals surface area contributed by atoms with E-state index in [1.807, 2.05) is 0 Å². The molecule has 5 heteroatoms. The van der Waals surface area contributed by atoms with Crippen molar-refractivity contribution in [3.05, 3.63) is 0 Å². The predicted octanol–water partition coefficient (Wildman–Crippen LogP) is 0.919. The summed E-state index contributed by atoms with van der Waals surface area (Å²) in [5.41, 5.74) is 0. The normalized spacial score (nSPS) is 27.7. The highest BCUT2D eigenvalue weighted by atomic mass is 19.3. The lowest BCUT2D eigenvalue weighted by molar-refractivity contribution is -0.143. The van der Waals surface area contributed by atoms with Crippen molar-refractivity contribution in [1.82, 2.24) is 5.32 Å². The van der Waals surface area contributed by atoms with Crippen LogP contribution in [0.2, 0.25) is 0 Å². The zero-order chi connectivity index (χ0) is 10.8. The molecule has 0 radical (unpaired) electrons. The van der Waals surface area contributed by atoms with Crippen molar-refractivity contribution in [3.8, 4) is 0 Å². The Morgan fingerprint density at radius 1 is 1.57 bits per heavy atom. The van der Waals surface area contributed by atoms with Crippen LogP contribution in [0.4, 0.5) is 8.78 Å². The molecule has 0 spiro atoms. The average molecular weight is 207 g/mol. The van der Waals surface area contributed by atoms with Gasteiger partial charge in [-0.2, -0.15) is 8.78 Å². The number of rotatable bonds is 3. The Kier molecular flexibility index (Phi) is 3.42. The molecule has 14 heavy (non-hydrogen) atoms. The van der Waals surface area contributed by atoms with Gasteiger partial charge in [0.1, 0.15) is 0 Å². The van der Waals surface area contributed by atoms with Crippen LogP contribution < -0.4 is 5.32 Å². The third kappa shape index (κ3) is 3.21. The van der Waals surface area contributed by atoms with Gasteiger partial charge >= 0.3 is 5.92 Å². The van der Waals surface area contributed by atoms with Crippen LogP contribution in [-0.4, -0.2) is 29.6 Å². The second-order valence-electron chi connectivity index (χ2n) is 3.93. The van der Waals surface area contributed by atoms with Crippen LogP contribution >= 0.6 is 0 Å². The smallest absolute Gasteiger partial charge is 0.321 e. The van der Waals surface area contributed by atoms with Gasteiger partial charge in [-0.05, 0) is 25.2 Å². The summed E-state index contributed by atoms with van der Waals surface area (Å²) in [6.07, 6.45) is 1.74. The first-order chi connectivity index (χ1) is 6.39. The Morgan fingerprint density at radius 3 is 2.64 bits per heavy atom. The summed E-state index contributed by atoms with van der Waals surface area (Å²) in [4.78, 5) is 10.8. The van der Waals surface area contributed by atoms with Gasteiger partial charge in [0.15, 0.2) is 0 Å². The minimum absolute atomic E-state index is 0.135. The Morgan fingerprint density at radius 2 is 2.21 bits per heavy atom. The van der Waals surface area contributed by atoms with Gasteiger partial charge in [-0.25, -0.2) is 0 Å². The molecule has 0 saturated heterocycles. The van der Waals surface area contributed by atoms with Crippen molar-refractivity contribution in [3.63, 3.8) is 0 Å². The summed E-state index contributed by atoms with van der Waals surface area (Å²) >= 11 is 0. The first-order valence-electron chi connectivity index (χ1n) is 4.74. The maximum atomic E-state index is 12.4. The number of alkyl halides is 2. The second kappa shape index (κ2) is 4.21. The van der Waals surface area contributed by atoms with E-state index in [9.17, 15) is 13.6 Å². The number of hydrogen-bond donors (Lipinski definition) is 2. The SMILES string of the molecule is CC(F)(F)C(=O)NCC1CCC(O)C1. The lowest BCUT2D eigenvalue weighted by Crippen LogP contribution is -2.39. The molecule has 0 aromatic rings. The molecule has 1 saturated carbocycles. The van der Waals surface area contributed by atoms with E-state index in [4.69, 9.17) is 5.11 Å². The molecule has 0 bridgehead atoms. The van der Waals surface area contributed by atoms with E-state index in [0.717, 1.165) is 6.42 Å². The summed E-state index contributed by atoms with van der Waals surface area (Å²) < 4.78 is 24.8. The zero-order valence-electron chi connectivity index (χ0n) is 8.09. The quantitative estimate of drug-likeness (QED) is 0.723. The van der Waals surface area contributed by atoms with E-state index in [-0.39, 0.29) is 18.6 Å². The molecule has 2 atom stereocenters. The van der Waals surface area contributed by atoms with Crippen LogP contribution in [0, 0.1) is 5.92 Å². The fraction of sp³-hybridized carbons (Fsp3) is 0.889. The van der Waals surface area contributed by atoms with E-state index in [1.54, 1.807) is 0 Å². The number of carbonyl (C=O) groups excluding carboxylic acids is 1. The molecule has 2 unspecified atom stereocenters. The number of carbonyl (C=O) groups is 1. The monoisotopic (exact) mass is 207 g/mol. The molecule has 0 aliphatic heterocycles. The number of nitrogens with one attached hydrogen (secondary N) is 1. The standard InChI is InChI=1S/C9H15F2NO2/c1-9(10,11)8(14)12-5-6-2-3-7(13)4-6/h6-7,13H,2-5H2,1H3,(H,12,14). The molecule has 1 amide bonds. The predicted molar refractivity (Wildman–Crippen MR) is 47.0 cm³/mol. The van der Waals surface area contributed by atoms with Gasteiger partial charge in [0.05, 0.1) is 6.10 Å². The van der Waals surface area contributed by atoms with E-state index >= 15 is 0 Å².